The van der Waals surface area contributed by atoms with E-state index in [1.165, 1.54) is 7.11 Å². The van der Waals surface area contributed by atoms with Crippen molar-refractivity contribution in [1.29, 1.82) is 0 Å². The predicted molar refractivity (Wildman–Crippen MR) is 115 cm³/mol. The number of para-hydroxylation sites is 2. The minimum Gasteiger partial charge on any atom is -0.491 e. The molecule has 1 saturated heterocycles. The average molecular weight is 440 g/mol. The Morgan fingerprint density at radius 1 is 1.12 bits per heavy atom. The summed E-state index contributed by atoms with van der Waals surface area (Å²) in [6.45, 7) is 1.33. The third kappa shape index (κ3) is 4.77. The van der Waals surface area contributed by atoms with Crippen LogP contribution in [0.1, 0.15) is 12.8 Å². The number of ether oxygens (including phenoxy) is 4. The first kappa shape index (κ1) is 21.5. The quantitative estimate of drug-likeness (QED) is 0.660. The highest BCUT2D eigenvalue weighted by Crippen LogP contribution is 2.36. The maximum atomic E-state index is 12.9. The van der Waals surface area contributed by atoms with Crippen molar-refractivity contribution in [2.45, 2.75) is 12.8 Å². The molecule has 0 aliphatic carbocycles. The van der Waals surface area contributed by atoms with Crippen LogP contribution in [-0.4, -0.2) is 51.3 Å². The summed E-state index contributed by atoms with van der Waals surface area (Å²) in [5.41, 5.74) is 1.15. The van der Waals surface area contributed by atoms with Crippen LogP contribution in [0.5, 0.6) is 17.2 Å². The summed E-state index contributed by atoms with van der Waals surface area (Å²) in [5.74, 6) is 0.371. The van der Waals surface area contributed by atoms with Crippen molar-refractivity contribution < 1.29 is 33.3 Å². The van der Waals surface area contributed by atoms with E-state index in [1.807, 2.05) is 0 Å². The highest BCUT2D eigenvalue weighted by atomic mass is 16.6. The lowest BCUT2D eigenvalue weighted by Crippen LogP contribution is -2.28. The predicted octanol–water partition coefficient (Wildman–Crippen LogP) is 2.39. The number of hydrogen-bond donors (Lipinski definition) is 1. The van der Waals surface area contributed by atoms with E-state index in [1.54, 1.807) is 47.4 Å². The zero-order valence-electron chi connectivity index (χ0n) is 17.7. The number of carbonyl (C=O) groups excluding carboxylic acids is 3. The highest BCUT2D eigenvalue weighted by Gasteiger charge is 2.36. The van der Waals surface area contributed by atoms with Crippen molar-refractivity contribution in [3.8, 4) is 17.2 Å². The lowest BCUT2D eigenvalue weighted by molar-refractivity contribution is -0.141. The van der Waals surface area contributed by atoms with Crippen LogP contribution >= 0.6 is 0 Å². The van der Waals surface area contributed by atoms with Gasteiger partial charge in [0.05, 0.1) is 31.7 Å². The molecule has 4 rings (SSSR count). The van der Waals surface area contributed by atoms with Crippen molar-refractivity contribution in [3.05, 3.63) is 42.5 Å². The zero-order chi connectivity index (χ0) is 22.5. The largest absolute Gasteiger partial charge is 0.491 e. The Kier molecular flexibility index (Phi) is 6.44. The van der Waals surface area contributed by atoms with Gasteiger partial charge in [-0.25, -0.2) is 0 Å². The second-order valence-electron chi connectivity index (χ2n) is 7.39. The third-order valence-corrected chi connectivity index (χ3v) is 5.27. The van der Waals surface area contributed by atoms with Crippen molar-refractivity contribution in [1.82, 2.24) is 0 Å². The molecule has 1 N–H and O–H groups in total. The molecular weight excluding hydrogens is 416 g/mol. The summed E-state index contributed by atoms with van der Waals surface area (Å²) in [5, 5.41) is 2.84. The first-order chi connectivity index (χ1) is 15.5. The van der Waals surface area contributed by atoms with Gasteiger partial charge < -0.3 is 29.2 Å². The lowest BCUT2D eigenvalue weighted by Gasteiger charge is -2.22. The minimum absolute atomic E-state index is 0.0976. The van der Waals surface area contributed by atoms with Crippen molar-refractivity contribution >= 4 is 29.2 Å². The van der Waals surface area contributed by atoms with Gasteiger partial charge in [-0.2, -0.15) is 0 Å². The Bertz CT molecular complexity index is 1020. The number of anilines is 2. The van der Waals surface area contributed by atoms with E-state index in [9.17, 15) is 14.4 Å². The van der Waals surface area contributed by atoms with E-state index >= 15 is 0 Å². The molecular formula is C23H24N2O7. The number of fused-ring (bicyclic) bond motifs is 1. The Balaban J connectivity index is 1.40. The lowest BCUT2D eigenvalue weighted by atomic mass is 10.1. The van der Waals surface area contributed by atoms with Gasteiger partial charge in [0.2, 0.25) is 11.8 Å². The molecule has 9 heteroatoms. The summed E-state index contributed by atoms with van der Waals surface area (Å²) in [6, 6.07) is 12.3. The fourth-order valence-corrected chi connectivity index (χ4v) is 3.61. The summed E-state index contributed by atoms with van der Waals surface area (Å²) in [7, 11) is 1.31. The molecule has 1 fully saturated rings. The number of amides is 2. The third-order valence-electron chi connectivity index (χ3n) is 5.27. The van der Waals surface area contributed by atoms with Crippen LogP contribution in [0, 0.1) is 5.92 Å². The van der Waals surface area contributed by atoms with Gasteiger partial charge in [-0.1, -0.05) is 12.1 Å². The van der Waals surface area contributed by atoms with Crippen LogP contribution < -0.4 is 24.4 Å². The summed E-state index contributed by atoms with van der Waals surface area (Å²) in [4.78, 5) is 38.4. The van der Waals surface area contributed by atoms with E-state index in [0.717, 1.165) is 0 Å². The van der Waals surface area contributed by atoms with Crippen molar-refractivity contribution in [2.24, 2.45) is 5.92 Å². The number of hydrogen-bond acceptors (Lipinski definition) is 7. The first-order valence-corrected chi connectivity index (χ1v) is 10.3. The first-order valence-electron chi connectivity index (χ1n) is 10.3. The summed E-state index contributed by atoms with van der Waals surface area (Å²) < 4.78 is 21.3. The fourth-order valence-electron chi connectivity index (χ4n) is 3.61. The van der Waals surface area contributed by atoms with Gasteiger partial charge in [-0.05, 0) is 24.3 Å². The Morgan fingerprint density at radius 2 is 1.91 bits per heavy atom. The van der Waals surface area contributed by atoms with Crippen molar-refractivity contribution in [2.75, 3.05) is 43.7 Å². The molecule has 0 bridgehead atoms. The van der Waals surface area contributed by atoms with Crippen LogP contribution in [-0.2, 0) is 19.1 Å². The molecule has 0 radical (unpaired) electrons. The molecule has 0 spiro atoms. The number of carbonyl (C=O) groups is 3. The van der Waals surface area contributed by atoms with Gasteiger partial charge in [0.1, 0.15) is 19.0 Å². The van der Waals surface area contributed by atoms with E-state index in [2.05, 4.69) is 10.1 Å². The normalized spacial score (nSPS) is 17.1. The van der Waals surface area contributed by atoms with E-state index in [4.69, 9.17) is 14.2 Å². The number of methoxy groups -OCH3 is 1. The summed E-state index contributed by atoms with van der Waals surface area (Å²) in [6.07, 6.45) is 0.200. The SMILES string of the molecule is COC(=O)CCOc1ccccc1NC(=O)[C@H]1CC(=O)N(c2ccc3c(c2)OCCO3)C1. The number of benzene rings is 2. The minimum atomic E-state index is -0.515. The molecule has 168 valence electrons. The Morgan fingerprint density at radius 3 is 2.72 bits per heavy atom. The summed E-state index contributed by atoms with van der Waals surface area (Å²) >= 11 is 0. The average Bonchev–Trinajstić information content (AvgIpc) is 3.21. The zero-order valence-corrected chi connectivity index (χ0v) is 17.7. The molecule has 0 aromatic heterocycles. The molecule has 2 aromatic carbocycles. The van der Waals surface area contributed by atoms with Crippen LogP contribution in [0.3, 0.4) is 0 Å². The highest BCUT2D eigenvalue weighted by molar-refractivity contribution is 6.04. The molecule has 1 atom stereocenters. The monoisotopic (exact) mass is 440 g/mol. The van der Waals surface area contributed by atoms with Gasteiger partial charge in [0.15, 0.2) is 11.5 Å². The second-order valence-corrected chi connectivity index (χ2v) is 7.39. The van der Waals surface area contributed by atoms with Gasteiger partial charge in [0.25, 0.3) is 0 Å². The van der Waals surface area contributed by atoms with Gasteiger partial charge in [0, 0.05) is 24.7 Å². The fraction of sp³-hybridized carbons (Fsp3) is 0.348. The number of nitrogens with one attached hydrogen (secondary N) is 1. The molecule has 2 heterocycles. The molecule has 0 unspecified atom stereocenters. The molecule has 32 heavy (non-hydrogen) atoms. The van der Waals surface area contributed by atoms with Gasteiger partial charge in [-0.3, -0.25) is 14.4 Å². The van der Waals surface area contributed by atoms with Crippen LogP contribution in [0.15, 0.2) is 42.5 Å². The smallest absolute Gasteiger partial charge is 0.308 e. The molecule has 9 nitrogen and oxygen atoms in total. The second kappa shape index (κ2) is 9.59. The molecule has 2 aliphatic heterocycles. The topological polar surface area (TPSA) is 103 Å². The number of esters is 1. The van der Waals surface area contributed by atoms with Crippen molar-refractivity contribution in [3.63, 3.8) is 0 Å². The number of rotatable bonds is 7. The molecule has 2 amide bonds. The maximum Gasteiger partial charge on any atom is 0.308 e. The standard InChI is InChI=1S/C23H24N2O7/c1-29-22(27)8-9-30-18-5-3-2-4-17(18)24-23(28)15-12-21(26)25(14-15)16-6-7-19-20(13-16)32-11-10-31-19/h2-7,13,15H,8-12,14H2,1H3,(H,24,28)/t15-/m0/s1. The molecule has 2 aliphatic rings. The van der Waals surface area contributed by atoms with Gasteiger partial charge >= 0.3 is 5.97 Å². The van der Waals surface area contributed by atoms with E-state index < -0.39 is 5.92 Å². The molecule has 2 aromatic rings. The Labute approximate surface area is 185 Å². The Hall–Kier alpha value is -3.75. The molecule has 0 saturated carbocycles. The van der Waals surface area contributed by atoms with Crippen LogP contribution in [0.25, 0.3) is 0 Å². The van der Waals surface area contributed by atoms with E-state index in [-0.39, 0.29) is 43.8 Å². The van der Waals surface area contributed by atoms with Gasteiger partial charge in [-0.15, -0.1) is 0 Å². The van der Waals surface area contributed by atoms with Crippen LogP contribution in [0.4, 0.5) is 11.4 Å². The van der Waals surface area contributed by atoms with Crippen LogP contribution in [0.2, 0.25) is 0 Å². The number of nitrogens with zero attached hydrogens (tertiary/aromatic N) is 1. The maximum absolute atomic E-state index is 12.9. The van der Waals surface area contributed by atoms with E-state index in [0.29, 0.717) is 41.8 Å².